The maximum atomic E-state index is 12.5. The SMILES string of the molecule is Cc1cc(C(C)NC(=O)N2CCN(C(=O)c3ccc(C)s3)CC2)c(C)o1. The molecule has 0 radical (unpaired) electrons. The molecule has 0 saturated carbocycles. The first-order chi connectivity index (χ1) is 12.3. The van der Waals surface area contributed by atoms with Gasteiger partial charge in [-0.15, -0.1) is 11.3 Å². The van der Waals surface area contributed by atoms with E-state index in [4.69, 9.17) is 4.42 Å². The van der Waals surface area contributed by atoms with Gasteiger partial charge in [0.1, 0.15) is 11.5 Å². The zero-order valence-corrected chi connectivity index (χ0v) is 16.5. The number of carbonyl (C=O) groups excluding carboxylic acids is 2. The molecule has 6 nitrogen and oxygen atoms in total. The highest BCUT2D eigenvalue weighted by Crippen LogP contribution is 2.22. The molecule has 2 aromatic heterocycles. The lowest BCUT2D eigenvalue weighted by molar-refractivity contribution is 0.0668. The quantitative estimate of drug-likeness (QED) is 0.893. The summed E-state index contributed by atoms with van der Waals surface area (Å²) in [6.45, 7) is 9.94. The topological polar surface area (TPSA) is 65.8 Å². The van der Waals surface area contributed by atoms with Crippen molar-refractivity contribution in [3.63, 3.8) is 0 Å². The lowest BCUT2D eigenvalue weighted by Crippen LogP contribution is -2.53. The minimum atomic E-state index is -0.117. The molecule has 0 spiro atoms. The third-order valence-corrected chi connectivity index (χ3v) is 5.68. The van der Waals surface area contributed by atoms with Crippen LogP contribution >= 0.6 is 11.3 Å². The summed E-state index contributed by atoms with van der Waals surface area (Å²) in [5.74, 6) is 1.73. The summed E-state index contributed by atoms with van der Waals surface area (Å²) in [4.78, 5) is 30.5. The Morgan fingerprint density at radius 2 is 1.77 bits per heavy atom. The van der Waals surface area contributed by atoms with Gasteiger partial charge in [0, 0.05) is 36.6 Å². The first-order valence-electron chi connectivity index (χ1n) is 8.83. The number of hydrogen-bond donors (Lipinski definition) is 1. The molecule has 7 heteroatoms. The molecule has 1 aliphatic heterocycles. The van der Waals surface area contributed by atoms with Crippen LogP contribution in [0, 0.1) is 20.8 Å². The summed E-state index contributed by atoms with van der Waals surface area (Å²) in [6.07, 6.45) is 0. The Morgan fingerprint density at radius 1 is 1.12 bits per heavy atom. The number of hydrogen-bond acceptors (Lipinski definition) is 4. The van der Waals surface area contributed by atoms with Gasteiger partial charge in [0.25, 0.3) is 5.91 Å². The van der Waals surface area contributed by atoms with Crippen molar-refractivity contribution in [3.05, 3.63) is 45.0 Å². The molecule has 3 rings (SSSR count). The summed E-state index contributed by atoms with van der Waals surface area (Å²) >= 11 is 1.51. The van der Waals surface area contributed by atoms with Gasteiger partial charge in [-0.25, -0.2) is 4.79 Å². The Hall–Kier alpha value is -2.28. The molecular weight excluding hydrogens is 350 g/mol. The van der Waals surface area contributed by atoms with E-state index in [1.165, 1.54) is 11.3 Å². The molecule has 1 fully saturated rings. The molecule has 3 heterocycles. The van der Waals surface area contributed by atoms with Crippen LogP contribution in [0.3, 0.4) is 0 Å². The molecule has 26 heavy (non-hydrogen) atoms. The van der Waals surface area contributed by atoms with Crippen LogP contribution < -0.4 is 5.32 Å². The van der Waals surface area contributed by atoms with Crippen LogP contribution in [-0.2, 0) is 0 Å². The fourth-order valence-corrected chi connectivity index (χ4v) is 4.09. The van der Waals surface area contributed by atoms with Crippen LogP contribution in [0.4, 0.5) is 4.79 Å². The number of carbonyl (C=O) groups is 2. The predicted molar refractivity (Wildman–Crippen MR) is 102 cm³/mol. The number of furan rings is 1. The van der Waals surface area contributed by atoms with E-state index in [1.807, 2.05) is 50.8 Å². The summed E-state index contributed by atoms with van der Waals surface area (Å²) in [5.41, 5.74) is 0.998. The van der Waals surface area contributed by atoms with Gasteiger partial charge < -0.3 is 19.5 Å². The van der Waals surface area contributed by atoms with Crippen molar-refractivity contribution in [2.24, 2.45) is 0 Å². The van der Waals surface area contributed by atoms with Gasteiger partial charge in [-0.2, -0.15) is 0 Å². The van der Waals surface area contributed by atoms with E-state index in [9.17, 15) is 9.59 Å². The summed E-state index contributed by atoms with van der Waals surface area (Å²) < 4.78 is 5.54. The maximum absolute atomic E-state index is 12.5. The van der Waals surface area contributed by atoms with Gasteiger partial charge in [0.05, 0.1) is 10.9 Å². The number of urea groups is 1. The molecule has 1 N–H and O–H groups in total. The van der Waals surface area contributed by atoms with Crippen molar-refractivity contribution in [2.75, 3.05) is 26.2 Å². The molecule has 1 saturated heterocycles. The van der Waals surface area contributed by atoms with Crippen LogP contribution in [0.25, 0.3) is 0 Å². The van der Waals surface area contributed by atoms with Crippen LogP contribution in [0.5, 0.6) is 0 Å². The third kappa shape index (κ3) is 3.93. The number of nitrogens with zero attached hydrogens (tertiary/aromatic N) is 2. The second kappa shape index (κ2) is 7.53. The standard InChI is InChI=1S/C19H25N3O3S/c1-12-11-16(15(4)25-12)14(3)20-19(24)22-9-7-21(8-10-22)18(23)17-6-5-13(2)26-17/h5-6,11,14H,7-10H2,1-4H3,(H,20,24). The zero-order chi connectivity index (χ0) is 18.8. The summed E-state index contributed by atoms with van der Waals surface area (Å²) in [5, 5.41) is 3.02. The molecule has 0 aliphatic carbocycles. The van der Waals surface area contributed by atoms with Crippen molar-refractivity contribution in [1.29, 1.82) is 0 Å². The summed E-state index contributed by atoms with van der Waals surface area (Å²) in [6, 6.07) is 5.57. The van der Waals surface area contributed by atoms with Gasteiger partial charge >= 0.3 is 6.03 Å². The maximum Gasteiger partial charge on any atom is 0.317 e. The minimum absolute atomic E-state index is 0.0565. The largest absolute Gasteiger partial charge is 0.466 e. The Kier molecular flexibility index (Phi) is 5.36. The number of amides is 3. The van der Waals surface area contributed by atoms with Crippen molar-refractivity contribution in [2.45, 2.75) is 33.7 Å². The second-order valence-electron chi connectivity index (χ2n) is 6.73. The highest BCUT2D eigenvalue weighted by molar-refractivity contribution is 7.13. The van der Waals surface area contributed by atoms with Crippen LogP contribution in [-0.4, -0.2) is 47.9 Å². The zero-order valence-electron chi connectivity index (χ0n) is 15.7. The van der Waals surface area contributed by atoms with Crippen LogP contribution in [0.15, 0.2) is 22.6 Å². The van der Waals surface area contributed by atoms with Crippen molar-refractivity contribution >= 4 is 23.3 Å². The monoisotopic (exact) mass is 375 g/mol. The second-order valence-corrected chi connectivity index (χ2v) is 8.02. The first-order valence-corrected chi connectivity index (χ1v) is 9.65. The number of aryl methyl sites for hydroxylation is 3. The van der Waals surface area contributed by atoms with Crippen molar-refractivity contribution in [3.8, 4) is 0 Å². The number of piperazine rings is 1. The first kappa shape index (κ1) is 18.5. The number of nitrogens with one attached hydrogen (secondary N) is 1. The van der Waals surface area contributed by atoms with Crippen LogP contribution in [0.2, 0.25) is 0 Å². The Labute approximate surface area is 157 Å². The summed E-state index contributed by atoms with van der Waals surface area (Å²) in [7, 11) is 0. The Balaban J connectivity index is 1.53. The molecule has 1 aliphatic rings. The molecule has 3 amide bonds. The van der Waals surface area contributed by atoms with Gasteiger partial charge in [0.2, 0.25) is 0 Å². The van der Waals surface area contributed by atoms with E-state index < -0.39 is 0 Å². The van der Waals surface area contributed by atoms with Gasteiger partial charge in [-0.1, -0.05) is 0 Å². The van der Waals surface area contributed by atoms with Crippen molar-refractivity contribution < 1.29 is 14.0 Å². The molecule has 0 bridgehead atoms. The van der Waals surface area contributed by atoms with E-state index >= 15 is 0 Å². The Morgan fingerprint density at radius 3 is 2.31 bits per heavy atom. The van der Waals surface area contributed by atoms with Gasteiger partial charge in [0.15, 0.2) is 0 Å². The number of rotatable bonds is 3. The Bertz CT molecular complexity index is 803. The fraction of sp³-hybridized carbons (Fsp3) is 0.474. The lowest BCUT2D eigenvalue weighted by Gasteiger charge is -2.35. The normalized spacial score (nSPS) is 15.8. The minimum Gasteiger partial charge on any atom is -0.466 e. The molecule has 140 valence electrons. The van der Waals surface area contributed by atoms with E-state index in [2.05, 4.69) is 5.32 Å². The van der Waals surface area contributed by atoms with E-state index in [-0.39, 0.29) is 18.0 Å². The average molecular weight is 375 g/mol. The van der Waals surface area contributed by atoms with Crippen LogP contribution in [0.1, 0.15) is 44.6 Å². The highest BCUT2D eigenvalue weighted by Gasteiger charge is 2.26. The molecule has 1 unspecified atom stereocenters. The van der Waals surface area contributed by atoms with E-state index in [0.717, 1.165) is 26.8 Å². The smallest absolute Gasteiger partial charge is 0.317 e. The molecule has 2 aromatic rings. The molecular formula is C19H25N3O3S. The number of thiophene rings is 1. The lowest BCUT2D eigenvalue weighted by atomic mass is 10.1. The predicted octanol–water partition coefficient (Wildman–Crippen LogP) is 3.49. The van der Waals surface area contributed by atoms with E-state index in [1.54, 1.807) is 4.90 Å². The van der Waals surface area contributed by atoms with Gasteiger partial charge in [-0.05, 0) is 45.9 Å². The fourth-order valence-electron chi connectivity index (χ4n) is 3.25. The molecule has 0 aromatic carbocycles. The van der Waals surface area contributed by atoms with Crippen molar-refractivity contribution in [1.82, 2.24) is 15.1 Å². The highest BCUT2D eigenvalue weighted by atomic mass is 32.1. The third-order valence-electron chi connectivity index (χ3n) is 4.69. The molecule has 1 atom stereocenters. The average Bonchev–Trinajstić information content (AvgIpc) is 3.19. The van der Waals surface area contributed by atoms with Gasteiger partial charge in [-0.3, -0.25) is 4.79 Å². The van der Waals surface area contributed by atoms with E-state index in [0.29, 0.717) is 26.2 Å².